The molecule has 6 nitrogen and oxygen atoms in total. The summed E-state index contributed by atoms with van der Waals surface area (Å²) in [5, 5.41) is 21.8. The zero-order valence-electron chi connectivity index (χ0n) is 11.7. The highest BCUT2D eigenvalue weighted by atomic mass is 16.3. The molecule has 0 aliphatic carbocycles. The van der Waals surface area contributed by atoms with Gasteiger partial charge >= 0.3 is 0 Å². The third kappa shape index (κ3) is 3.45. The first-order valence-electron chi connectivity index (χ1n) is 6.75. The van der Waals surface area contributed by atoms with Crippen molar-refractivity contribution < 1.29 is 14.7 Å². The minimum atomic E-state index is -0.770. The van der Waals surface area contributed by atoms with Gasteiger partial charge < -0.3 is 10.4 Å². The lowest BCUT2D eigenvalue weighted by molar-refractivity contribution is -0.148. The van der Waals surface area contributed by atoms with Crippen molar-refractivity contribution in [2.45, 2.75) is 25.0 Å². The Morgan fingerprint density at radius 1 is 1.43 bits per heavy atom. The minimum absolute atomic E-state index is 0.175. The molecule has 1 aromatic rings. The summed E-state index contributed by atoms with van der Waals surface area (Å²) >= 11 is 0. The minimum Gasteiger partial charge on any atom is -0.387 e. The largest absolute Gasteiger partial charge is 0.387 e. The van der Waals surface area contributed by atoms with Crippen molar-refractivity contribution in [1.29, 1.82) is 5.26 Å². The summed E-state index contributed by atoms with van der Waals surface area (Å²) in [5.41, 5.74) is 1.20. The lowest BCUT2D eigenvalue weighted by atomic mass is 10.0. The maximum atomic E-state index is 11.9. The molecule has 2 amide bonds. The van der Waals surface area contributed by atoms with Crippen LogP contribution in [0.3, 0.4) is 0 Å². The predicted molar refractivity (Wildman–Crippen MR) is 74.9 cm³/mol. The van der Waals surface area contributed by atoms with Crippen LogP contribution >= 0.6 is 0 Å². The Morgan fingerprint density at radius 3 is 2.71 bits per heavy atom. The summed E-state index contributed by atoms with van der Waals surface area (Å²) < 4.78 is 0. The van der Waals surface area contributed by atoms with Crippen molar-refractivity contribution in [2.24, 2.45) is 0 Å². The van der Waals surface area contributed by atoms with Gasteiger partial charge in [0.05, 0.1) is 23.8 Å². The van der Waals surface area contributed by atoms with E-state index < -0.39 is 12.1 Å². The number of hydrogen-bond acceptors (Lipinski definition) is 5. The van der Waals surface area contributed by atoms with Crippen LogP contribution in [0.5, 0.6) is 0 Å². The first-order chi connectivity index (χ1) is 10.0. The Kier molecular flexibility index (Phi) is 4.68. The lowest BCUT2D eigenvalue weighted by Crippen LogP contribution is -2.52. The number of nitrogens with zero attached hydrogens (tertiary/aromatic N) is 2. The van der Waals surface area contributed by atoms with E-state index in [9.17, 15) is 14.7 Å². The highest BCUT2D eigenvalue weighted by Gasteiger charge is 2.31. The zero-order valence-corrected chi connectivity index (χ0v) is 11.7. The molecule has 2 N–H and O–H groups in total. The van der Waals surface area contributed by atoms with Crippen LogP contribution in [0, 0.1) is 11.3 Å². The van der Waals surface area contributed by atoms with Gasteiger partial charge in [0, 0.05) is 20.0 Å². The molecular formula is C15H17N3O3. The number of hydrogen-bond donors (Lipinski definition) is 2. The van der Waals surface area contributed by atoms with Crippen LogP contribution in [0.15, 0.2) is 24.3 Å². The molecule has 2 atom stereocenters. The standard InChI is InChI=1S/C15H17N3O3/c1-18-14(20)7-6-12(15(18)21)17-9-13(19)11-4-2-10(8-16)3-5-11/h2-5,12-13,17,19H,6-7,9H2,1H3. The summed E-state index contributed by atoms with van der Waals surface area (Å²) in [6, 6.07) is 8.21. The number of nitriles is 1. The van der Waals surface area contributed by atoms with Crippen molar-refractivity contribution in [1.82, 2.24) is 10.2 Å². The number of likely N-dealkylation sites (N-methyl/N-ethyl adjacent to an activating group) is 1. The van der Waals surface area contributed by atoms with E-state index in [4.69, 9.17) is 5.26 Å². The Hall–Kier alpha value is -2.23. The Balaban J connectivity index is 1.91. The zero-order chi connectivity index (χ0) is 15.4. The number of piperidine rings is 1. The van der Waals surface area contributed by atoms with E-state index in [2.05, 4.69) is 5.32 Å². The van der Waals surface area contributed by atoms with Crippen molar-refractivity contribution in [2.75, 3.05) is 13.6 Å². The molecule has 0 radical (unpaired) electrons. The van der Waals surface area contributed by atoms with Gasteiger partial charge in [0.15, 0.2) is 0 Å². The average molecular weight is 287 g/mol. The van der Waals surface area contributed by atoms with Gasteiger partial charge in [-0.15, -0.1) is 0 Å². The van der Waals surface area contributed by atoms with Crippen molar-refractivity contribution >= 4 is 11.8 Å². The number of benzene rings is 1. The van der Waals surface area contributed by atoms with Gasteiger partial charge in [-0.25, -0.2) is 0 Å². The smallest absolute Gasteiger partial charge is 0.246 e. The van der Waals surface area contributed by atoms with E-state index in [1.807, 2.05) is 6.07 Å². The second-order valence-electron chi connectivity index (χ2n) is 5.04. The second-order valence-corrected chi connectivity index (χ2v) is 5.04. The first-order valence-corrected chi connectivity index (χ1v) is 6.75. The molecule has 110 valence electrons. The number of nitrogens with one attached hydrogen (secondary N) is 1. The Labute approximate surface area is 123 Å². The van der Waals surface area contributed by atoms with Crippen LogP contribution in [-0.2, 0) is 9.59 Å². The van der Waals surface area contributed by atoms with Crippen molar-refractivity contribution in [3.8, 4) is 6.07 Å². The van der Waals surface area contributed by atoms with Gasteiger partial charge in [-0.3, -0.25) is 14.5 Å². The summed E-state index contributed by atoms with van der Waals surface area (Å²) in [6.45, 7) is 0.213. The predicted octanol–water partition coefficient (Wildman–Crippen LogP) is 0.329. The maximum Gasteiger partial charge on any atom is 0.246 e. The van der Waals surface area contributed by atoms with Crippen LogP contribution in [0.25, 0.3) is 0 Å². The molecule has 1 aliphatic rings. The topological polar surface area (TPSA) is 93.4 Å². The van der Waals surface area contributed by atoms with Crippen LogP contribution < -0.4 is 5.32 Å². The van der Waals surface area contributed by atoms with Gasteiger partial charge in [0.1, 0.15) is 0 Å². The van der Waals surface area contributed by atoms with Gasteiger partial charge in [0.2, 0.25) is 11.8 Å². The highest BCUT2D eigenvalue weighted by molar-refractivity contribution is 6.00. The number of carbonyl (C=O) groups is 2. The van der Waals surface area contributed by atoms with Gasteiger partial charge in [-0.05, 0) is 24.1 Å². The molecule has 2 rings (SSSR count). The Morgan fingerprint density at radius 2 is 2.10 bits per heavy atom. The Bertz CT molecular complexity index is 577. The van der Waals surface area contributed by atoms with Gasteiger partial charge in [0.25, 0.3) is 0 Å². The van der Waals surface area contributed by atoms with Crippen LogP contribution in [-0.4, -0.2) is 41.5 Å². The number of aliphatic hydroxyl groups excluding tert-OH is 1. The fourth-order valence-corrected chi connectivity index (χ4v) is 2.26. The third-order valence-corrected chi connectivity index (χ3v) is 3.63. The lowest BCUT2D eigenvalue weighted by Gasteiger charge is -2.29. The molecule has 21 heavy (non-hydrogen) atoms. The summed E-state index contributed by atoms with van der Waals surface area (Å²) in [6.07, 6.45) is 0.00285. The quantitative estimate of drug-likeness (QED) is 0.778. The van der Waals surface area contributed by atoms with Crippen LogP contribution in [0.4, 0.5) is 0 Å². The first kappa shape index (κ1) is 15.2. The SMILES string of the molecule is CN1C(=O)CCC(NCC(O)c2ccc(C#N)cc2)C1=O. The molecule has 0 saturated carbocycles. The number of likely N-dealkylation sites (tertiary alicyclic amines) is 1. The number of rotatable bonds is 4. The molecule has 1 saturated heterocycles. The summed E-state index contributed by atoms with van der Waals surface area (Å²) in [4.78, 5) is 24.4. The van der Waals surface area contributed by atoms with Crippen LogP contribution in [0.1, 0.15) is 30.1 Å². The van der Waals surface area contributed by atoms with E-state index >= 15 is 0 Å². The number of aliphatic hydroxyl groups is 1. The van der Waals surface area contributed by atoms with Crippen LogP contribution in [0.2, 0.25) is 0 Å². The summed E-state index contributed by atoms with van der Waals surface area (Å²) in [5.74, 6) is -0.441. The maximum absolute atomic E-state index is 11.9. The van der Waals surface area contributed by atoms with Crippen molar-refractivity contribution in [3.63, 3.8) is 0 Å². The molecule has 6 heteroatoms. The molecule has 0 bridgehead atoms. The molecule has 1 aliphatic heterocycles. The molecule has 0 spiro atoms. The van der Waals surface area contributed by atoms with Gasteiger partial charge in [-0.1, -0.05) is 12.1 Å². The molecule has 2 unspecified atom stereocenters. The summed E-state index contributed by atoms with van der Waals surface area (Å²) in [7, 11) is 1.47. The van der Waals surface area contributed by atoms with E-state index in [0.29, 0.717) is 24.0 Å². The average Bonchev–Trinajstić information content (AvgIpc) is 2.52. The van der Waals surface area contributed by atoms with E-state index in [-0.39, 0.29) is 18.4 Å². The highest BCUT2D eigenvalue weighted by Crippen LogP contribution is 2.15. The molecule has 0 aromatic heterocycles. The number of amides is 2. The molecular weight excluding hydrogens is 270 g/mol. The van der Waals surface area contributed by atoms with E-state index in [0.717, 1.165) is 4.90 Å². The fourth-order valence-electron chi connectivity index (χ4n) is 2.26. The molecule has 1 aromatic carbocycles. The van der Waals surface area contributed by atoms with Gasteiger partial charge in [-0.2, -0.15) is 5.26 Å². The third-order valence-electron chi connectivity index (χ3n) is 3.63. The normalized spacial score (nSPS) is 20.2. The fraction of sp³-hybridized carbons (Fsp3) is 0.400. The van der Waals surface area contributed by atoms with E-state index in [1.165, 1.54) is 7.05 Å². The molecule has 1 fully saturated rings. The van der Waals surface area contributed by atoms with E-state index in [1.54, 1.807) is 24.3 Å². The monoisotopic (exact) mass is 287 g/mol. The number of imide groups is 1. The number of carbonyl (C=O) groups excluding carboxylic acids is 2. The molecule has 1 heterocycles. The second kappa shape index (κ2) is 6.48. The van der Waals surface area contributed by atoms with Crippen molar-refractivity contribution in [3.05, 3.63) is 35.4 Å².